The molecule has 160 valence electrons. The summed E-state index contributed by atoms with van der Waals surface area (Å²) in [5.74, 6) is -0.363. The summed E-state index contributed by atoms with van der Waals surface area (Å²) in [5.41, 5.74) is 0.0696. The first-order valence-electron chi connectivity index (χ1n) is 11.2. The van der Waals surface area contributed by atoms with Crippen molar-refractivity contribution in [3.8, 4) is 0 Å². The quantitative estimate of drug-likeness (QED) is 0.0590. The molecule has 4 heteroatoms. The van der Waals surface area contributed by atoms with Crippen molar-refractivity contribution in [2.24, 2.45) is 0 Å². The molecule has 0 saturated carbocycles. The van der Waals surface area contributed by atoms with E-state index in [4.69, 9.17) is 16.3 Å². The second kappa shape index (κ2) is 17.6. The van der Waals surface area contributed by atoms with Crippen molar-refractivity contribution in [1.82, 2.24) is 0 Å². The van der Waals surface area contributed by atoms with E-state index in [-0.39, 0.29) is 11.5 Å². The second-order valence-electron chi connectivity index (χ2n) is 8.34. The number of carbonyl (C=O) groups is 1. The largest absolute Gasteiger partial charge is 0.457 e. The minimum absolute atomic E-state index is 0.0696. The number of carbonyl (C=O) groups excluding carboxylic acids is 1. The smallest absolute Gasteiger partial charge is 0.330 e. The normalized spacial score (nSPS) is 12.7. The van der Waals surface area contributed by atoms with Gasteiger partial charge in [0.1, 0.15) is 13.2 Å². The van der Waals surface area contributed by atoms with E-state index in [1.165, 1.54) is 89.5 Å². The third-order valence-corrected chi connectivity index (χ3v) is 6.13. The number of nitrogens with zero attached hydrogens (tertiary/aromatic N) is 1. The Kier molecular flexibility index (Phi) is 17.2. The summed E-state index contributed by atoms with van der Waals surface area (Å²) in [6, 6.07) is 0. The van der Waals surface area contributed by atoms with Crippen LogP contribution in [0.2, 0.25) is 0 Å². The fourth-order valence-electron chi connectivity index (χ4n) is 3.26. The number of hydrogen-bond donors (Lipinski definition) is 0. The Morgan fingerprint density at radius 2 is 1.37 bits per heavy atom. The van der Waals surface area contributed by atoms with Crippen LogP contribution in [-0.4, -0.2) is 43.2 Å². The van der Waals surface area contributed by atoms with E-state index in [2.05, 4.69) is 27.6 Å². The second-order valence-corrected chi connectivity index (χ2v) is 8.84. The third-order valence-electron chi connectivity index (χ3n) is 5.38. The molecule has 0 N–H and O–H groups in total. The van der Waals surface area contributed by atoms with Gasteiger partial charge in [-0.1, -0.05) is 102 Å². The van der Waals surface area contributed by atoms with E-state index in [9.17, 15) is 4.79 Å². The molecule has 0 amide bonds. The number of rotatable bonds is 19. The average molecular weight is 403 g/mol. The SMILES string of the molecule is C=CC(=O)OCC[N+](C)(C)C(Cl)CCCCCCCCCCCCCCC. The summed E-state index contributed by atoms with van der Waals surface area (Å²) in [6.07, 6.45) is 20.0. The fraction of sp³-hybridized carbons (Fsp3) is 0.870. The van der Waals surface area contributed by atoms with E-state index in [1.54, 1.807) is 0 Å². The van der Waals surface area contributed by atoms with Gasteiger partial charge in [0, 0.05) is 12.5 Å². The molecule has 0 aromatic carbocycles. The molecule has 0 aliphatic carbocycles. The van der Waals surface area contributed by atoms with Gasteiger partial charge in [-0.2, -0.15) is 0 Å². The molecule has 3 nitrogen and oxygen atoms in total. The number of ether oxygens (including phenoxy) is 1. The molecular weight excluding hydrogens is 358 g/mol. The number of likely N-dealkylation sites (N-methyl/N-ethyl adjacent to an activating group) is 1. The summed E-state index contributed by atoms with van der Waals surface area (Å²) in [7, 11) is 4.20. The first-order chi connectivity index (χ1) is 12.9. The van der Waals surface area contributed by atoms with Gasteiger partial charge < -0.3 is 9.22 Å². The van der Waals surface area contributed by atoms with E-state index in [0.29, 0.717) is 11.1 Å². The van der Waals surface area contributed by atoms with Crippen LogP contribution in [0.15, 0.2) is 12.7 Å². The van der Waals surface area contributed by atoms with Crippen LogP contribution in [-0.2, 0) is 9.53 Å². The molecule has 1 atom stereocenters. The number of quaternary nitrogens is 1. The van der Waals surface area contributed by atoms with Crippen LogP contribution in [0, 0.1) is 0 Å². The molecule has 0 spiro atoms. The van der Waals surface area contributed by atoms with Crippen molar-refractivity contribution in [3.63, 3.8) is 0 Å². The molecule has 0 bridgehead atoms. The average Bonchev–Trinajstić information content (AvgIpc) is 2.64. The lowest BCUT2D eigenvalue weighted by atomic mass is 10.0. The Hall–Kier alpha value is -0.540. The maximum atomic E-state index is 11.1. The molecule has 0 aromatic rings. The van der Waals surface area contributed by atoms with Crippen molar-refractivity contribution in [2.45, 2.75) is 102 Å². The Labute approximate surface area is 174 Å². The van der Waals surface area contributed by atoms with Gasteiger partial charge in [-0.25, -0.2) is 4.79 Å². The highest BCUT2D eigenvalue weighted by Crippen LogP contribution is 2.19. The van der Waals surface area contributed by atoms with Crippen LogP contribution in [0.4, 0.5) is 0 Å². The van der Waals surface area contributed by atoms with Crippen LogP contribution in [0.5, 0.6) is 0 Å². The van der Waals surface area contributed by atoms with Gasteiger partial charge >= 0.3 is 5.97 Å². The topological polar surface area (TPSA) is 26.3 Å². The van der Waals surface area contributed by atoms with E-state index < -0.39 is 0 Å². The lowest BCUT2D eigenvalue weighted by Gasteiger charge is -2.34. The number of unbranched alkanes of at least 4 members (excludes halogenated alkanes) is 12. The lowest BCUT2D eigenvalue weighted by Crippen LogP contribution is -2.48. The minimum Gasteiger partial charge on any atom is -0.457 e. The van der Waals surface area contributed by atoms with Crippen LogP contribution in [0.25, 0.3) is 0 Å². The molecule has 1 unspecified atom stereocenters. The summed E-state index contributed by atoms with van der Waals surface area (Å²) >= 11 is 6.58. The predicted octanol–water partition coefficient (Wildman–Crippen LogP) is 6.84. The van der Waals surface area contributed by atoms with Crippen LogP contribution in [0.1, 0.15) is 96.8 Å². The first-order valence-corrected chi connectivity index (χ1v) is 11.6. The van der Waals surface area contributed by atoms with Gasteiger partial charge in [0.15, 0.2) is 5.50 Å². The predicted molar refractivity (Wildman–Crippen MR) is 118 cm³/mol. The van der Waals surface area contributed by atoms with Gasteiger partial charge in [0.25, 0.3) is 0 Å². The van der Waals surface area contributed by atoms with E-state index in [0.717, 1.165) is 13.0 Å². The molecule has 27 heavy (non-hydrogen) atoms. The monoisotopic (exact) mass is 402 g/mol. The van der Waals surface area contributed by atoms with Crippen LogP contribution in [0.3, 0.4) is 0 Å². The van der Waals surface area contributed by atoms with Crippen molar-refractivity contribution in [1.29, 1.82) is 0 Å². The van der Waals surface area contributed by atoms with E-state index >= 15 is 0 Å². The van der Waals surface area contributed by atoms with Crippen LogP contribution < -0.4 is 0 Å². The molecule has 0 radical (unpaired) electrons. The van der Waals surface area contributed by atoms with Gasteiger partial charge in [-0.3, -0.25) is 0 Å². The molecule has 0 aliphatic rings. The summed E-state index contributed by atoms with van der Waals surface area (Å²) in [5, 5.41) is 0. The molecule has 0 aliphatic heterocycles. The van der Waals surface area contributed by atoms with Crippen molar-refractivity contribution in [3.05, 3.63) is 12.7 Å². The summed E-state index contributed by atoms with van der Waals surface area (Å²) in [4.78, 5) is 11.1. The Bertz CT molecular complexity index is 371. The van der Waals surface area contributed by atoms with Gasteiger partial charge in [-0.15, -0.1) is 0 Å². The maximum Gasteiger partial charge on any atom is 0.330 e. The Morgan fingerprint density at radius 3 is 1.81 bits per heavy atom. The molecular formula is C23H45ClNO2+. The zero-order valence-electron chi connectivity index (χ0n) is 18.3. The van der Waals surface area contributed by atoms with Crippen molar-refractivity contribution < 1.29 is 14.0 Å². The standard InChI is InChI=1S/C23H45ClNO2/c1-5-7-8-9-10-11-12-13-14-15-16-17-18-19-22(24)25(3,4)20-21-27-23(26)6-2/h6,22H,2,5,7-21H2,1,3-4H3/q+1. The Balaban J connectivity index is 3.49. The maximum absolute atomic E-state index is 11.1. The van der Waals surface area contributed by atoms with Crippen molar-refractivity contribution in [2.75, 3.05) is 27.2 Å². The zero-order chi connectivity index (χ0) is 20.4. The highest BCUT2D eigenvalue weighted by molar-refractivity contribution is 6.19. The fourth-order valence-corrected chi connectivity index (χ4v) is 3.51. The van der Waals surface area contributed by atoms with Gasteiger partial charge in [0.2, 0.25) is 0 Å². The molecule has 0 rings (SSSR count). The lowest BCUT2D eigenvalue weighted by molar-refractivity contribution is -0.902. The summed E-state index contributed by atoms with van der Waals surface area (Å²) < 4.78 is 5.74. The zero-order valence-corrected chi connectivity index (χ0v) is 19.1. The molecule has 0 saturated heterocycles. The number of halogens is 1. The third kappa shape index (κ3) is 16.1. The van der Waals surface area contributed by atoms with Crippen LogP contribution >= 0.6 is 11.6 Å². The molecule has 0 fully saturated rings. The Morgan fingerprint density at radius 1 is 0.926 bits per heavy atom. The first kappa shape index (κ1) is 26.5. The molecule has 0 aromatic heterocycles. The number of hydrogen-bond acceptors (Lipinski definition) is 2. The van der Waals surface area contributed by atoms with Gasteiger partial charge in [0.05, 0.1) is 14.1 Å². The molecule has 0 heterocycles. The number of alkyl halides is 1. The highest BCUT2D eigenvalue weighted by Gasteiger charge is 2.25. The minimum atomic E-state index is -0.363. The summed E-state index contributed by atoms with van der Waals surface area (Å²) in [6.45, 7) is 6.80. The highest BCUT2D eigenvalue weighted by atomic mass is 35.5. The van der Waals surface area contributed by atoms with E-state index in [1.807, 2.05) is 0 Å². The van der Waals surface area contributed by atoms with Crippen molar-refractivity contribution >= 4 is 17.6 Å². The van der Waals surface area contributed by atoms with Gasteiger partial charge in [-0.05, 0) is 6.42 Å². The number of esters is 1.